The van der Waals surface area contributed by atoms with E-state index in [0.29, 0.717) is 11.5 Å². The Morgan fingerprint density at radius 1 is 1.17 bits per heavy atom. The monoisotopic (exact) mass is 247 g/mol. The van der Waals surface area contributed by atoms with E-state index in [0.717, 1.165) is 24.3 Å². The van der Waals surface area contributed by atoms with Crippen LogP contribution in [0.15, 0.2) is 12.7 Å². The Morgan fingerprint density at radius 3 is 2.17 bits per heavy atom. The van der Waals surface area contributed by atoms with Gasteiger partial charge in [0.25, 0.3) is 0 Å². The molecule has 0 aromatic rings. The summed E-state index contributed by atoms with van der Waals surface area (Å²) in [6.07, 6.45) is 14.0. The molecule has 0 spiro atoms. The van der Waals surface area contributed by atoms with E-state index in [-0.39, 0.29) is 0 Å². The van der Waals surface area contributed by atoms with E-state index in [9.17, 15) is 0 Å². The van der Waals surface area contributed by atoms with Gasteiger partial charge in [-0.2, -0.15) is 0 Å². The average Bonchev–Trinajstić information content (AvgIpc) is 2.32. The van der Waals surface area contributed by atoms with Crippen LogP contribution in [0.1, 0.15) is 58.3 Å². The topological polar surface area (TPSA) is 12.0 Å². The Kier molecular flexibility index (Phi) is 3.53. The maximum atomic E-state index is 4.05. The Morgan fingerprint density at radius 2 is 1.72 bits per heavy atom. The van der Waals surface area contributed by atoms with E-state index in [2.05, 4.69) is 24.9 Å². The first-order valence-electron chi connectivity index (χ1n) is 8.09. The van der Waals surface area contributed by atoms with E-state index in [4.69, 9.17) is 0 Å². The van der Waals surface area contributed by atoms with Crippen LogP contribution >= 0.6 is 0 Å². The second-order valence-electron chi connectivity index (χ2n) is 7.42. The van der Waals surface area contributed by atoms with Gasteiger partial charge >= 0.3 is 0 Å². The highest BCUT2D eigenvalue weighted by molar-refractivity contribution is 5.04. The summed E-state index contributed by atoms with van der Waals surface area (Å²) in [6.45, 7) is 7.44. The predicted octanol–water partition coefficient (Wildman–Crippen LogP) is 4.15. The highest BCUT2D eigenvalue weighted by Crippen LogP contribution is 2.61. The number of hydrogen-bond acceptors (Lipinski definition) is 1. The summed E-state index contributed by atoms with van der Waals surface area (Å²) in [4.78, 5) is 0. The molecule has 0 saturated heterocycles. The summed E-state index contributed by atoms with van der Waals surface area (Å²) in [6, 6.07) is 0.557. The SMILES string of the molecule is C=CC(CC12CC3CC(CC(C3)C1)C2)NCCC. The van der Waals surface area contributed by atoms with Gasteiger partial charge in [0.1, 0.15) is 0 Å². The minimum absolute atomic E-state index is 0.557. The lowest BCUT2D eigenvalue weighted by Gasteiger charge is -2.57. The average molecular weight is 247 g/mol. The Labute approximate surface area is 112 Å². The standard InChI is InChI=1S/C17H29N/c1-3-5-18-16(4-2)12-17-9-13-6-14(10-17)8-15(7-13)11-17/h4,13-16,18H,2-3,5-12H2,1H3. The van der Waals surface area contributed by atoms with Crippen molar-refractivity contribution < 1.29 is 0 Å². The molecule has 0 aromatic heterocycles. The molecule has 4 rings (SSSR count). The van der Waals surface area contributed by atoms with E-state index < -0.39 is 0 Å². The van der Waals surface area contributed by atoms with Crippen LogP contribution in [0.25, 0.3) is 0 Å². The smallest absolute Gasteiger partial charge is 0.0252 e. The molecule has 4 aliphatic rings. The molecule has 1 N–H and O–H groups in total. The molecular formula is C17H29N. The Hall–Kier alpha value is -0.300. The van der Waals surface area contributed by atoms with E-state index >= 15 is 0 Å². The minimum atomic E-state index is 0.557. The number of nitrogens with one attached hydrogen (secondary N) is 1. The summed E-state index contributed by atoms with van der Waals surface area (Å²) in [5.74, 6) is 3.23. The molecule has 4 bridgehead atoms. The van der Waals surface area contributed by atoms with Gasteiger partial charge in [-0.3, -0.25) is 0 Å². The molecule has 1 unspecified atom stereocenters. The zero-order valence-corrected chi connectivity index (χ0v) is 12.0. The highest BCUT2D eigenvalue weighted by Gasteiger charge is 2.50. The van der Waals surface area contributed by atoms with Gasteiger partial charge in [0.05, 0.1) is 0 Å². The maximum Gasteiger partial charge on any atom is 0.0252 e. The lowest BCUT2D eigenvalue weighted by Crippen LogP contribution is -2.48. The van der Waals surface area contributed by atoms with Crippen molar-refractivity contribution >= 4 is 0 Å². The lowest BCUT2D eigenvalue weighted by molar-refractivity contribution is -0.0598. The van der Waals surface area contributed by atoms with Crippen molar-refractivity contribution in [1.29, 1.82) is 0 Å². The van der Waals surface area contributed by atoms with Crippen LogP contribution in [0.4, 0.5) is 0 Å². The van der Waals surface area contributed by atoms with Crippen LogP contribution < -0.4 is 5.32 Å². The third-order valence-corrected chi connectivity index (χ3v) is 5.76. The number of rotatable bonds is 6. The molecule has 0 aliphatic heterocycles. The molecule has 18 heavy (non-hydrogen) atoms. The molecule has 0 amide bonds. The molecule has 4 saturated carbocycles. The Balaban J connectivity index is 1.65. The molecule has 0 aromatic carbocycles. The van der Waals surface area contributed by atoms with Gasteiger partial charge in [0.2, 0.25) is 0 Å². The zero-order valence-electron chi connectivity index (χ0n) is 12.0. The van der Waals surface area contributed by atoms with E-state index in [1.165, 1.54) is 32.1 Å². The van der Waals surface area contributed by atoms with Crippen LogP contribution in [0.2, 0.25) is 0 Å². The molecule has 1 nitrogen and oxygen atoms in total. The molecule has 0 radical (unpaired) electrons. The third-order valence-electron chi connectivity index (χ3n) is 5.76. The number of hydrogen-bond donors (Lipinski definition) is 1. The summed E-state index contributed by atoms with van der Waals surface area (Å²) in [5, 5.41) is 3.68. The fourth-order valence-corrected chi connectivity index (χ4v) is 5.58. The molecular weight excluding hydrogens is 218 g/mol. The fourth-order valence-electron chi connectivity index (χ4n) is 5.58. The van der Waals surface area contributed by atoms with Gasteiger partial charge in [0.15, 0.2) is 0 Å². The van der Waals surface area contributed by atoms with Crippen LogP contribution in [0.3, 0.4) is 0 Å². The predicted molar refractivity (Wildman–Crippen MR) is 77.5 cm³/mol. The summed E-state index contributed by atoms with van der Waals surface area (Å²) in [7, 11) is 0. The first-order valence-corrected chi connectivity index (χ1v) is 8.09. The molecule has 1 heteroatoms. The van der Waals surface area contributed by atoms with Crippen molar-refractivity contribution in [3.8, 4) is 0 Å². The second-order valence-corrected chi connectivity index (χ2v) is 7.42. The summed E-state index contributed by atoms with van der Waals surface area (Å²) >= 11 is 0. The summed E-state index contributed by atoms with van der Waals surface area (Å²) in [5.41, 5.74) is 0.689. The van der Waals surface area contributed by atoms with Crippen molar-refractivity contribution in [3.05, 3.63) is 12.7 Å². The van der Waals surface area contributed by atoms with Gasteiger partial charge in [0, 0.05) is 6.04 Å². The van der Waals surface area contributed by atoms with E-state index in [1.807, 2.05) is 0 Å². The zero-order chi connectivity index (χ0) is 12.6. The van der Waals surface area contributed by atoms with E-state index in [1.54, 1.807) is 19.3 Å². The van der Waals surface area contributed by atoms with Crippen LogP contribution in [-0.4, -0.2) is 12.6 Å². The van der Waals surface area contributed by atoms with Gasteiger partial charge in [-0.05, 0) is 81.1 Å². The molecule has 4 aliphatic carbocycles. The Bertz CT molecular complexity index is 271. The van der Waals surface area contributed by atoms with Crippen LogP contribution in [0.5, 0.6) is 0 Å². The fraction of sp³-hybridized carbons (Fsp3) is 0.882. The molecule has 102 valence electrons. The van der Waals surface area contributed by atoms with Crippen molar-refractivity contribution in [3.63, 3.8) is 0 Å². The summed E-state index contributed by atoms with van der Waals surface area (Å²) < 4.78 is 0. The molecule has 1 atom stereocenters. The van der Waals surface area contributed by atoms with Gasteiger partial charge in [-0.25, -0.2) is 0 Å². The highest BCUT2D eigenvalue weighted by atomic mass is 14.9. The normalized spacial score (nSPS) is 43.1. The molecule has 4 fully saturated rings. The van der Waals surface area contributed by atoms with Crippen molar-refractivity contribution in [2.75, 3.05) is 6.54 Å². The van der Waals surface area contributed by atoms with Crippen LogP contribution in [-0.2, 0) is 0 Å². The largest absolute Gasteiger partial charge is 0.311 e. The van der Waals surface area contributed by atoms with Crippen molar-refractivity contribution in [2.45, 2.75) is 64.3 Å². The molecule has 0 heterocycles. The first-order chi connectivity index (χ1) is 8.73. The minimum Gasteiger partial charge on any atom is -0.311 e. The van der Waals surface area contributed by atoms with Crippen molar-refractivity contribution in [1.82, 2.24) is 5.32 Å². The first kappa shape index (κ1) is 12.7. The second kappa shape index (κ2) is 5.00. The van der Waals surface area contributed by atoms with Crippen molar-refractivity contribution in [2.24, 2.45) is 23.2 Å². The van der Waals surface area contributed by atoms with Crippen LogP contribution in [0, 0.1) is 23.2 Å². The quantitative estimate of drug-likeness (QED) is 0.695. The third kappa shape index (κ3) is 2.39. The van der Waals surface area contributed by atoms with Gasteiger partial charge in [-0.15, -0.1) is 6.58 Å². The maximum absolute atomic E-state index is 4.05. The van der Waals surface area contributed by atoms with Gasteiger partial charge in [-0.1, -0.05) is 13.0 Å². The lowest BCUT2D eigenvalue weighted by atomic mass is 9.48. The van der Waals surface area contributed by atoms with Gasteiger partial charge < -0.3 is 5.32 Å².